The highest BCUT2D eigenvalue weighted by Gasteiger charge is 2.01. The van der Waals surface area contributed by atoms with Crippen molar-refractivity contribution < 1.29 is 0 Å². The van der Waals surface area contributed by atoms with Crippen molar-refractivity contribution in [1.82, 2.24) is 4.98 Å². The Balaban J connectivity index is 2.55. The minimum Gasteiger partial charge on any atom is -0.369 e. The lowest BCUT2D eigenvalue weighted by molar-refractivity contribution is 0.677. The largest absolute Gasteiger partial charge is 0.369 e. The highest BCUT2D eigenvalue weighted by atomic mass is 79.9. The zero-order valence-electron chi connectivity index (χ0n) is 8.55. The summed E-state index contributed by atoms with van der Waals surface area (Å²) in [4.78, 5) is 4.37. The van der Waals surface area contributed by atoms with Gasteiger partial charge in [-0.2, -0.15) is 0 Å². The lowest BCUT2D eigenvalue weighted by Gasteiger charge is -2.11. The number of anilines is 1. The normalized spacial score (nSPS) is 12.6. The van der Waals surface area contributed by atoms with Gasteiger partial charge in [0.05, 0.1) is 5.69 Å². The number of hydrogen-bond donors (Lipinski definition) is 2. The lowest BCUT2D eigenvalue weighted by atomic mass is 10.2. The summed E-state index contributed by atoms with van der Waals surface area (Å²) < 4.78 is 1.03. The van der Waals surface area contributed by atoms with Gasteiger partial charge in [0.2, 0.25) is 0 Å². The van der Waals surface area contributed by atoms with Crippen LogP contribution in [-0.4, -0.2) is 17.6 Å². The van der Waals surface area contributed by atoms with Crippen LogP contribution in [0.15, 0.2) is 16.6 Å². The van der Waals surface area contributed by atoms with Crippen molar-refractivity contribution in [2.45, 2.75) is 26.3 Å². The summed E-state index contributed by atoms with van der Waals surface area (Å²) in [5.41, 5.74) is 6.78. The van der Waals surface area contributed by atoms with Crippen LogP contribution in [0.5, 0.6) is 0 Å². The lowest BCUT2D eigenvalue weighted by Crippen LogP contribution is -2.28. The number of hydrogen-bond acceptors (Lipinski definition) is 3. The molecule has 1 aromatic rings. The van der Waals surface area contributed by atoms with Crippen LogP contribution in [-0.2, 0) is 0 Å². The number of nitrogens with two attached hydrogens (primary N) is 1. The van der Waals surface area contributed by atoms with Gasteiger partial charge in [-0.25, -0.2) is 4.98 Å². The summed E-state index contributed by atoms with van der Waals surface area (Å²) in [6.07, 6.45) is 0.975. The van der Waals surface area contributed by atoms with E-state index >= 15 is 0 Å². The van der Waals surface area contributed by atoms with Gasteiger partial charge in [-0.3, -0.25) is 0 Å². The van der Waals surface area contributed by atoms with Crippen molar-refractivity contribution in [3.05, 3.63) is 22.3 Å². The van der Waals surface area contributed by atoms with E-state index in [0.717, 1.165) is 29.0 Å². The van der Waals surface area contributed by atoms with Crippen molar-refractivity contribution >= 4 is 21.7 Å². The first-order chi connectivity index (χ1) is 6.63. The van der Waals surface area contributed by atoms with Crippen molar-refractivity contribution in [3.63, 3.8) is 0 Å². The molecule has 0 aliphatic rings. The summed E-state index contributed by atoms with van der Waals surface area (Å²) in [5.74, 6) is 0.884. The van der Waals surface area contributed by atoms with E-state index in [1.165, 1.54) is 0 Å². The Morgan fingerprint density at radius 3 is 2.86 bits per heavy atom. The molecule has 0 fully saturated rings. The van der Waals surface area contributed by atoms with Crippen LogP contribution in [0.2, 0.25) is 0 Å². The van der Waals surface area contributed by atoms with Gasteiger partial charge in [0.15, 0.2) is 0 Å². The minimum atomic E-state index is 0.195. The first-order valence-electron chi connectivity index (χ1n) is 4.76. The van der Waals surface area contributed by atoms with Gasteiger partial charge in [-0.15, -0.1) is 0 Å². The van der Waals surface area contributed by atoms with E-state index < -0.39 is 0 Å². The molecule has 0 spiro atoms. The summed E-state index contributed by atoms with van der Waals surface area (Å²) >= 11 is 3.41. The highest BCUT2D eigenvalue weighted by molar-refractivity contribution is 9.10. The predicted molar refractivity (Wildman–Crippen MR) is 63.4 cm³/mol. The molecular formula is C10H16BrN3. The second-order valence-corrected chi connectivity index (χ2v) is 4.17. The smallest absolute Gasteiger partial charge is 0.126 e. The SMILES string of the molecule is CCC(N)CNc1ccc(Br)c(C)n1. The number of nitrogens with zero attached hydrogens (tertiary/aromatic N) is 1. The van der Waals surface area contributed by atoms with Gasteiger partial charge in [0, 0.05) is 17.1 Å². The number of halogens is 1. The van der Waals surface area contributed by atoms with Crippen LogP contribution in [0.25, 0.3) is 0 Å². The molecule has 3 nitrogen and oxygen atoms in total. The first-order valence-corrected chi connectivity index (χ1v) is 5.55. The Hall–Kier alpha value is -0.610. The van der Waals surface area contributed by atoms with E-state index in [1.807, 2.05) is 19.1 Å². The summed E-state index contributed by atoms with van der Waals surface area (Å²) in [6.45, 7) is 4.81. The molecule has 0 aromatic carbocycles. The zero-order valence-corrected chi connectivity index (χ0v) is 10.1. The van der Waals surface area contributed by atoms with Crippen LogP contribution >= 0.6 is 15.9 Å². The molecule has 1 unspecified atom stereocenters. The third-order valence-corrected chi connectivity index (χ3v) is 2.93. The fraction of sp³-hybridized carbons (Fsp3) is 0.500. The standard InChI is InChI=1S/C10H16BrN3/c1-3-8(12)6-13-10-5-4-9(11)7(2)14-10/h4-5,8H,3,6,12H2,1-2H3,(H,13,14). The highest BCUT2D eigenvalue weighted by Crippen LogP contribution is 2.15. The zero-order chi connectivity index (χ0) is 10.6. The molecule has 1 rings (SSSR count). The van der Waals surface area contributed by atoms with Crippen molar-refractivity contribution in [1.29, 1.82) is 0 Å². The fourth-order valence-electron chi connectivity index (χ4n) is 1.02. The molecule has 0 bridgehead atoms. The van der Waals surface area contributed by atoms with E-state index in [0.29, 0.717) is 0 Å². The Kier molecular flexibility index (Phi) is 4.35. The number of nitrogens with one attached hydrogen (secondary N) is 1. The molecule has 0 aliphatic carbocycles. The number of pyridine rings is 1. The van der Waals surface area contributed by atoms with E-state index in [4.69, 9.17) is 5.73 Å². The van der Waals surface area contributed by atoms with Gasteiger partial charge < -0.3 is 11.1 Å². The van der Waals surface area contributed by atoms with Crippen LogP contribution in [0.1, 0.15) is 19.0 Å². The molecular weight excluding hydrogens is 242 g/mol. The second kappa shape index (κ2) is 5.32. The fourth-order valence-corrected chi connectivity index (χ4v) is 1.24. The molecule has 4 heteroatoms. The van der Waals surface area contributed by atoms with Crippen LogP contribution in [0, 0.1) is 6.92 Å². The Morgan fingerprint density at radius 2 is 2.29 bits per heavy atom. The molecule has 0 saturated heterocycles. The number of rotatable bonds is 4. The third-order valence-electron chi connectivity index (χ3n) is 2.09. The maximum absolute atomic E-state index is 5.79. The topological polar surface area (TPSA) is 50.9 Å². The second-order valence-electron chi connectivity index (χ2n) is 3.31. The van der Waals surface area contributed by atoms with E-state index in [9.17, 15) is 0 Å². The molecule has 3 N–H and O–H groups in total. The summed E-state index contributed by atoms with van der Waals surface area (Å²) in [6, 6.07) is 4.13. The molecule has 0 saturated carbocycles. The molecule has 1 atom stereocenters. The molecule has 1 aromatic heterocycles. The Bertz CT molecular complexity index is 301. The predicted octanol–water partition coefficient (Wildman–Crippen LogP) is 2.30. The van der Waals surface area contributed by atoms with E-state index in [2.05, 4.69) is 33.2 Å². The number of aromatic nitrogens is 1. The maximum Gasteiger partial charge on any atom is 0.126 e. The monoisotopic (exact) mass is 257 g/mol. The van der Waals surface area contributed by atoms with E-state index in [1.54, 1.807) is 0 Å². The Morgan fingerprint density at radius 1 is 1.57 bits per heavy atom. The first kappa shape index (κ1) is 11.5. The molecule has 1 heterocycles. The maximum atomic E-state index is 5.79. The van der Waals surface area contributed by atoms with Gasteiger partial charge in [0.1, 0.15) is 5.82 Å². The van der Waals surface area contributed by atoms with Crippen molar-refractivity contribution in [2.75, 3.05) is 11.9 Å². The van der Waals surface area contributed by atoms with E-state index in [-0.39, 0.29) is 6.04 Å². The molecule has 0 amide bonds. The van der Waals surface area contributed by atoms with Crippen LogP contribution in [0.3, 0.4) is 0 Å². The number of aryl methyl sites for hydroxylation is 1. The van der Waals surface area contributed by atoms with Gasteiger partial charge in [-0.1, -0.05) is 6.92 Å². The average Bonchev–Trinajstić information content (AvgIpc) is 2.19. The van der Waals surface area contributed by atoms with Crippen molar-refractivity contribution in [3.8, 4) is 0 Å². The van der Waals surface area contributed by atoms with Gasteiger partial charge in [-0.05, 0) is 41.4 Å². The van der Waals surface area contributed by atoms with Gasteiger partial charge in [0.25, 0.3) is 0 Å². The summed E-state index contributed by atoms with van der Waals surface area (Å²) in [7, 11) is 0. The molecule has 0 aliphatic heterocycles. The minimum absolute atomic E-state index is 0.195. The average molecular weight is 258 g/mol. The molecule has 78 valence electrons. The summed E-state index contributed by atoms with van der Waals surface area (Å²) in [5, 5.41) is 3.21. The molecule has 14 heavy (non-hydrogen) atoms. The van der Waals surface area contributed by atoms with Gasteiger partial charge >= 0.3 is 0 Å². The Labute approximate surface area is 93.2 Å². The van der Waals surface area contributed by atoms with Crippen molar-refractivity contribution in [2.24, 2.45) is 5.73 Å². The quantitative estimate of drug-likeness (QED) is 0.871. The van der Waals surface area contributed by atoms with Crippen LogP contribution in [0.4, 0.5) is 5.82 Å². The van der Waals surface area contributed by atoms with Crippen LogP contribution < -0.4 is 11.1 Å². The third kappa shape index (κ3) is 3.27. The molecule has 0 radical (unpaired) electrons.